The molecule has 32 heavy (non-hydrogen) atoms. The van der Waals surface area contributed by atoms with Crippen LogP contribution in [0.15, 0.2) is 50.5 Å². The van der Waals surface area contributed by atoms with Crippen molar-refractivity contribution < 1.29 is 98.2 Å². The van der Waals surface area contributed by atoms with Gasteiger partial charge >= 0.3 is 59.1 Å². The number of ether oxygens (including phenoxy) is 1. The van der Waals surface area contributed by atoms with Crippen LogP contribution in [0.2, 0.25) is 0 Å². The molecule has 1 aromatic heterocycles. The molecule has 0 saturated heterocycles. The molecule has 0 fully saturated rings. The quantitative estimate of drug-likeness (QED) is 0.173. The third-order valence-electron chi connectivity index (χ3n) is 3.63. The average Bonchev–Trinajstić information content (AvgIpc) is 3.04. The maximum Gasteiger partial charge on any atom is 1.00 e. The summed E-state index contributed by atoms with van der Waals surface area (Å²) in [7, 11) is -13.5. The Morgan fingerprint density at radius 2 is 1.50 bits per heavy atom. The zero-order chi connectivity index (χ0) is 22.3. The monoisotopic (exact) mass is 538 g/mol. The topological polar surface area (TPSA) is 183 Å². The van der Waals surface area contributed by atoms with Gasteiger partial charge in [0, 0.05) is 11.9 Å². The van der Waals surface area contributed by atoms with Gasteiger partial charge in [0.25, 0.3) is 0 Å². The number of benzene rings is 2. The summed E-state index contributed by atoms with van der Waals surface area (Å²) >= 11 is 0.975. The first-order chi connectivity index (χ1) is 13.7. The Morgan fingerprint density at radius 3 is 2.00 bits per heavy atom. The summed E-state index contributed by atoms with van der Waals surface area (Å²) in [4.78, 5) is 2.17. The van der Waals surface area contributed by atoms with E-state index in [1.54, 1.807) is 18.2 Å². The van der Waals surface area contributed by atoms with Crippen LogP contribution in [-0.2, 0) is 30.1 Å². The van der Waals surface area contributed by atoms with Crippen molar-refractivity contribution in [2.75, 3.05) is 18.3 Å². The molecule has 1 N–H and O–H groups in total. The van der Waals surface area contributed by atoms with Crippen LogP contribution in [0.5, 0.6) is 5.75 Å². The Kier molecular flexibility index (Phi) is 10.2. The van der Waals surface area contributed by atoms with Gasteiger partial charge in [0.05, 0.1) is 20.0 Å². The summed E-state index contributed by atoms with van der Waals surface area (Å²) in [6.07, 6.45) is 1.05. The van der Waals surface area contributed by atoms with Crippen molar-refractivity contribution in [3.8, 4) is 5.75 Å². The molecule has 0 saturated carbocycles. The number of sulfone groups is 1. The minimum atomic E-state index is -5.03. The van der Waals surface area contributed by atoms with Crippen LogP contribution in [0.25, 0.3) is 10.2 Å². The molecule has 2 aromatic carbocycles. The molecule has 0 unspecified atom stereocenters. The van der Waals surface area contributed by atoms with E-state index in [1.807, 2.05) is 0 Å². The number of thiazole rings is 1. The van der Waals surface area contributed by atoms with E-state index in [1.165, 1.54) is 0 Å². The fourth-order valence-corrected chi connectivity index (χ4v) is 5.31. The van der Waals surface area contributed by atoms with Gasteiger partial charge in [0.15, 0.2) is 6.73 Å². The molecule has 0 aliphatic heterocycles. The molecule has 17 heteroatoms. The van der Waals surface area contributed by atoms with Crippen molar-refractivity contribution >= 4 is 57.3 Å². The summed E-state index contributed by atoms with van der Waals surface area (Å²) in [5.74, 6) is -0.327. The van der Waals surface area contributed by atoms with Crippen LogP contribution in [-0.4, -0.2) is 52.3 Å². The average molecular weight is 539 g/mol. The zero-order valence-corrected chi connectivity index (χ0v) is 24.2. The maximum atomic E-state index is 11.6. The van der Waals surface area contributed by atoms with Gasteiger partial charge in [-0.15, -0.1) is 11.3 Å². The van der Waals surface area contributed by atoms with Crippen molar-refractivity contribution in [3.63, 3.8) is 0 Å². The van der Waals surface area contributed by atoms with Gasteiger partial charge in [-0.2, -0.15) is 0 Å². The summed E-state index contributed by atoms with van der Waals surface area (Å²) in [5, 5.41) is 2.80. The van der Waals surface area contributed by atoms with Gasteiger partial charge in [0.2, 0.25) is 14.2 Å². The summed E-state index contributed by atoms with van der Waals surface area (Å²) in [6, 6.07) is 6.82. The van der Waals surface area contributed by atoms with Gasteiger partial charge in [-0.3, -0.25) is 0 Å². The van der Waals surface area contributed by atoms with Crippen molar-refractivity contribution in [1.29, 1.82) is 0 Å². The molecule has 1 heterocycles. The van der Waals surface area contributed by atoms with E-state index < -0.39 is 39.9 Å². The van der Waals surface area contributed by atoms with Crippen molar-refractivity contribution in [2.24, 2.45) is 0 Å². The molecule has 3 aromatic rings. The number of anilines is 1. The Bertz CT molecular complexity index is 1400. The van der Waals surface area contributed by atoms with Crippen LogP contribution >= 0.6 is 11.3 Å². The zero-order valence-electron chi connectivity index (χ0n) is 16.9. The number of nitrogens with one attached hydrogen (secondary N) is 1. The molecular formula is C15H12N2Na2O9S4. The van der Waals surface area contributed by atoms with Crippen molar-refractivity contribution in [1.82, 2.24) is 4.98 Å². The Balaban J connectivity index is 0.00000256. The summed E-state index contributed by atoms with van der Waals surface area (Å²) < 4.78 is 96.1. The first kappa shape index (κ1) is 29.7. The van der Waals surface area contributed by atoms with Crippen LogP contribution < -0.4 is 69.2 Å². The standard InChI is InChI=1S/C15H14N2O9S4.2Na/c1-28(18,19)15-17-13-3-2-9(4-14(13)27-15)16-8-26-10-5-11(29(20,21)22)7-12(6-10)30(23,24)25;;/h2-7,16H,8H2,1H3,(H,20,21,22)(H,23,24,25);;/q;2*+1/p-2. The van der Waals surface area contributed by atoms with E-state index in [0.29, 0.717) is 22.0 Å². The smallest absolute Gasteiger partial charge is 0.744 e. The second-order valence-corrected chi connectivity index (χ2v) is 11.9. The summed E-state index contributed by atoms with van der Waals surface area (Å²) in [6.45, 7) is -0.288. The molecule has 0 bridgehead atoms. The molecule has 0 aliphatic carbocycles. The number of nitrogens with zero attached hydrogens (tertiary/aromatic N) is 1. The van der Waals surface area contributed by atoms with E-state index in [2.05, 4.69) is 10.3 Å². The van der Waals surface area contributed by atoms with Gasteiger partial charge in [-0.25, -0.2) is 30.2 Å². The fourth-order valence-electron chi connectivity index (χ4n) is 2.29. The third kappa shape index (κ3) is 7.61. The Labute approximate surface area is 232 Å². The third-order valence-corrected chi connectivity index (χ3v) is 7.95. The normalized spacial score (nSPS) is 12.0. The maximum absolute atomic E-state index is 11.6. The molecule has 0 amide bonds. The molecule has 162 valence electrons. The van der Waals surface area contributed by atoms with Crippen LogP contribution in [0.4, 0.5) is 5.69 Å². The van der Waals surface area contributed by atoms with Crippen LogP contribution in [0.1, 0.15) is 0 Å². The molecule has 0 aliphatic rings. The van der Waals surface area contributed by atoms with Gasteiger partial charge < -0.3 is 19.2 Å². The second kappa shape index (κ2) is 11.0. The molecule has 11 nitrogen and oxygen atoms in total. The first-order valence-corrected chi connectivity index (χ1v) is 13.3. The molecule has 3 rings (SSSR count). The van der Waals surface area contributed by atoms with E-state index in [9.17, 15) is 34.4 Å². The number of hydrogen-bond donors (Lipinski definition) is 1. The van der Waals surface area contributed by atoms with Gasteiger partial charge in [0.1, 0.15) is 26.0 Å². The molecule has 0 atom stereocenters. The second-order valence-electron chi connectivity index (χ2n) is 5.95. The summed E-state index contributed by atoms with van der Waals surface area (Å²) in [5.41, 5.74) is 0.973. The van der Waals surface area contributed by atoms with Crippen LogP contribution in [0, 0.1) is 0 Å². The van der Waals surface area contributed by atoms with Gasteiger partial charge in [-0.1, -0.05) is 0 Å². The Morgan fingerprint density at radius 1 is 0.938 bits per heavy atom. The first-order valence-electron chi connectivity index (χ1n) is 7.78. The van der Waals surface area contributed by atoms with E-state index in [0.717, 1.165) is 29.7 Å². The van der Waals surface area contributed by atoms with Crippen molar-refractivity contribution in [3.05, 3.63) is 36.4 Å². The minimum Gasteiger partial charge on any atom is -0.744 e. The minimum absolute atomic E-state index is 0. The molecular weight excluding hydrogens is 526 g/mol. The number of aromatic nitrogens is 1. The fraction of sp³-hybridized carbons (Fsp3) is 0.133. The van der Waals surface area contributed by atoms with Gasteiger partial charge in [-0.05, 0) is 36.4 Å². The SMILES string of the molecule is CS(=O)(=O)c1nc2ccc(NCOc3cc(S(=O)(=O)[O-])cc(S(=O)(=O)[O-])c3)cc2s1.[Na+].[Na+]. The predicted octanol–water partition coefficient (Wildman–Crippen LogP) is -5.04. The predicted molar refractivity (Wildman–Crippen MR) is 104 cm³/mol. The van der Waals surface area contributed by atoms with E-state index in [-0.39, 0.29) is 75.9 Å². The molecule has 0 spiro atoms. The largest absolute Gasteiger partial charge is 1.00 e. The van der Waals surface area contributed by atoms with Crippen LogP contribution in [0.3, 0.4) is 0 Å². The number of hydrogen-bond acceptors (Lipinski definition) is 12. The number of fused-ring (bicyclic) bond motifs is 1. The van der Waals surface area contributed by atoms with E-state index >= 15 is 0 Å². The van der Waals surface area contributed by atoms with E-state index in [4.69, 9.17) is 4.74 Å². The Hall–Kier alpha value is -0.300. The molecule has 0 radical (unpaired) electrons. The number of rotatable bonds is 7. The van der Waals surface area contributed by atoms with Crippen molar-refractivity contribution in [2.45, 2.75) is 14.1 Å².